The minimum Gasteiger partial charge on any atom is -0.377 e. The Morgan fingerprint density at radius 2 is 2.27 bits per heavy atom. The molecule has 3 heteroatoms. The van der Waals surface area contributed by atoms with Gasteiger partial charge in [-0.3, -0.25) is 4.90 Å². The molecule has 0 spiro atoms. The third-order valence-electron chi connectivity index (χ3n) is 2.02. The lowest BCUT2D eigenvalue weighted by atomic mass is 10.3. The Morgan fingerprint density at radius 3 is 2.91 bits per heavy atom. The Balaban J connectivity index is 2.45. The van der Waals surface area contributed by atoms with Gasteiger partial charge in [0, 0.05) is 19.2 Å². The second-order valence-electron chi connectivity index (χ2n) is 3.24. The molecule has 0 aromatic carbocycles. The first-order chi connectivity index (χ1) is 5.22. The van der Waals surface area contributed by atoms with Crippen LogP contribution in [0, 0.1) is 0 Å². The quantitative estimate of drug-likeness (QED) is 0.602. The SMILES string of the molecule is CC(C)N1CCCOC[C@@H]1O. The van der Waals surface area contributed by atoms with Gasteiger partial charge in [0.1, 0.15) is 6.23 Å². The standard InChI is InChI=1S/C8H17NO2/c1-7(2)9-4-3-5-11-6-8(9)10/h7-8,10H,3-6H2,1-2H3/t8-/m0/s1. The van der Waals surface area contributed by atoms with Crippen molar-refractivity contribution in [2.75, 3.05) is 19.8 Å². The summed E-state index contributed by atoms with van der Waals surface area (Å²) in [5, 5.41) is 9.52. The molecular formula is C8H17NO2. The summed E-state index contributed by atoms with van der Waals surface area (Å²) in [5.74, 6) is 0. The maximum Gasteiger partial charge on any atom is 0.131 e. The summed E-state index contributed by atoms with van der Waals surface area (Å²) in [5.41, 5.74) is 0. The minimum absolute atomic E-state index is 0.405. The van der Waals surface area contributed by atoms with Crippen molar-refractivity contribution in [3.63, 3.8) is 0 Å². The van der Waals surface area contributed by atoms with Crippen molar-refractivity contribution < 1.29 is 9.84 Å². The van der Waals surface area contributed by atoms with E-state index in [2.05, 4.69) is 18.7 Å². The molecule has 0 bridgehead atoms. The molecule has 3 nitrogen and oxygen atoms in total. The summed E-state index contributed by atoms with van der Waals surface area (Å²) < 4.78 is 5.20. The van der Waals surface area contributed by atoms with Crippen molar-refractivity contribution in [3.05, 3.63) is 0 Å². The molecule has 1 atom stereocenters. The zero-order chi connectivity index (χ0) is 8.27. The van der Waals surface area contributed by atoms with Gasteiger partial charge in [-0.05, 0) is 20.3 Å². The predicted octanol–water partition coefficient (Wildman–Crippen LogP) is 0.435. The highest BCUT2D eigenvalue weighted by atomic mass is 16.5. The van der Waals surface area contributed by atoms with Crippen LogP contribution in [0.25, 0.3) is 0 Å². The van der Waals surface area contributed by atoms with E-state index in [1.165, 1.54) is 0 Å². The third kappa shape index (κ3) is 2.43. The van der Waals surface area contributed by atoms with Crippen LogP contribution in [-0.4, -0.2) is 42.0 Å². The Hall–Kier alpha value is -0.120. The Labute approximate surface area is 68.0 Å². The van der Waals surface area contributed by atoms with E-state index < -0.39 is 6.23 Å². The lowest BCUT2D eigenvalue weighted by Gasteiger charge is -2.28. The first kappa shape index (κ1) is 8.97. The van der Waals surface area contributed by atoms with E-state index >= 15 is 0 Å². The summed E-state index contributed by atoms with van der Waals surface area (Å²) in [4.78, 5) is 2.06. The topological polar surface area (TPSA) is 32.7 Å². The fourth-order valence-electron chi connectivity index (χ4n) is 1.39. The molecule has 0 aromatic rings. The zero-order valence-electron chi connectivity index (χ0n) is 7.29. The number of hydrogen-bond donors (Lipinski definition) is 1. The molecule has 0 aromatic heterocycles. The molecule has 1 aliphatic rings. The highest BCUT2D eigenvalue weighted by Crippen LogP contribution is 2.08. The van der Waals surface area contributed by atoms with Gasteiger partial charge >= 0.3 is 0 Å². The first-order valence-electron chi connectivity index (χ1n) is 4.23. The average molecular weight is 159 g/mol. The fourth-order valence-corrected chi connectivity index (χ4v) is 1.39. The van der Waals surface area contributed by atoms with Crippen molar-refractivity contribution in [1.29, 1.82) is 0 Å². The second kappa shape index (κ2) is 4.04. The predicted molar refractivity (Wildman–Crippen MR) is 43.3 cm³/mol. The maximum atomic E-state index is 9.52. The molecular weight excluding hydrogens is 142 g/mol. The second-order valence-corrected chi connectivity index (χ2v) is 3.24. The highest BCUT2D eigenvalue weighted by Gasteiger charge is 2.20. The van der Waals surface area contributed by atoms with E-state index in [9.17, 15) is 5.11 Å². The van der Waals surface area contributed by atoms with E-state index in [4.69, 9.17) is 4.74 Å². The van der Waals surface area contributed by atoms with Crippen LogP contribution in [0.4, 0.5) is 0 Å². The molecule has 0 amide bonds. The Bertz CT molecular complexity index is 117. The van der Waals surface area contributed by atoms with Gasteiger partial charge in [-0.25, -0.2) is 0 Å². The molecule has 1 N–H and O–H groups in total. The lowest BCUT2D eigenvalue weighted by Crippen LogP contribution is -2.41. The molecule has 0 unspecified atom stereocenters. The number of ether oxygens (including phenoxy) is 1. The normalized spacial score (nSPS) is 28.9. The largest absolute Gasteiger partial charge is 0.377 e. The van der Waals surface area contributed by atoms with Gasteiger partial charge in [-0.1, -0.05) is 0 Å². The van der Waals surface area contributed by atoms with Gasteiger partial charge in [-0.15, -0.1) is 0 Å². The Morgan fingerprint density at radius 1 is 1.55 bits per heavy atom. The van der Waals surface area contributed by atoms with Gasteiger partial charge in [0.25, 0.3) is 0 Å². The van der Waals surface area contributed by atoms with Crippen molar-refractivity contribution in [3.8, 4) is 0 Å². The molecule has 11 heavy (non-hydrogen) atoms. The molecule has 1 heterocycles. The molecule has 0 saturated carbocycles. The van der Waals surface area contributed by atoms with Crippen molar-refractivity contribution in [2.45, 2.75) is 32.5 Å². The van der Waals surface area contributed by atoms with Crippen LogP contribution in [0.3, 0.4) is 0 Å². The Kier molecular flexibility index (Phi) is 3.30. The summed E-state index contributed by atoms with van der Waals surface area (Å²) in [6.07, 6.45) is 0.618. The van der Waals surface area contributed by atoms with Gasteiger partial charge < -0.3 is 9.84 Å². The lowest BCUT2D eigenvalue weighted by molar-refractivity contribution is -0.0475. The highest BCUT2D eigenvalue weighted by molar-refractivity contribution is 4.68. The van der Waals surface area contributed by atoms with Crippen molar-refractivity contribution in [2.24, 2.45) is 0 Å². The van der Waals surface area contributed by atoms with Crippen LogP contribution in [0.15, 0.2) is 0 Å². The summed E-state index contributed by atoms with van der Waals surface area (Å²) in [6.45, 7) is 6.36. The third-order valence-corrected chi connectivity index (χ3v) is 2.02. The number of rotatable bonds is 1. The first-order valence-corrected chi connectivity index (χ1v) is 4.23. The molecule has 66 valence electrons. The molecule has 1 fully saturated rings. The van der Waals surface area contributed by atoms with E-state index in [0.29, 0.717) is 12.6 Å². The average Bonchev–Trinajstić information content (AvgIpc) is 2.13. The van der Waals surface area contributed by atoms with Crippen molar-refractivity contribution in [1.82, 2.24) is 4.90 Å². The molecule has 1 aliphatic heterocycles. The van der Waals surface area contributed by atoms with Crippen LogP contribution < -0.4 is 0 Å². The van der Waals surface area contributed by atoms with E-state index in [1.807, 2.05) is 0 Å². The van der Waals surface area contributed by atoms with Crippen LogP contribution >= 0.6 is 0 Å². The number of aliphatic hydroxyl groups excluding tert-OH is 1. The summed E-state index contributed by atoms with van der Waals surface area (Å²) in [7, 11) is 0. The zero-order valence-corrected chi connectivity index (χ0v) is 7.29. The van der Waals surface area contributed by atoms with Crippen molar-refractivity contribution >= 4 is 0 Å². The molecule has 0 aliphatic carbocycles. The van der Waals surface area contributed by atoms with Gasteiger partial charge in [0.05, 0.1) is 6.61 Å². The van der Waals surface area contributed by atoms with Crippen LogP contribution in [0.5, 0.6) is 0 Å². The van der Waals surface area contributed by atoms with E-state index in [0.717, 1.165) is 19.6 Å². The van der Waals surface area contributed by atoms with Crippen LogP contribution in [0.1, 0.15) is 20.3 Å². The van der Waals surface area contributed by atoms with E-state index in [1.54, 1.807) is 0 Å². The number of nitrogens with zero attached hydrogens (tertiary/aromatic N) is 1. The van der Waals surface area contributed by atoms with E-state index in [-0.39, 0.29) is 0 Å². The monoisotopic (exact) mass is 159 g/mol. The maximum absolute atomic E-state index is 9.52. The van der Waals surface area contributed by atoms with Crippen LogP contribution in [0.2, 0.25) is 0 Å². The van der Waals surface area contributed by atoms with Gasteiger partial charge in [0.15, 0.2) is 0 Å². The number of hydrogen-bond acceptors (Lipinski definition) is 3. The molecule has 1 rings (SSSR count). The molecule has 1 saturated heterocycles. The number of aliphatic hydroxyl groups is 1. The fraction of sp³-hybridized carbons (Fsp3) is 1.00. The minimum atomic E-state index is -0.405. The summed E-state index contributed by atoms with van der Waals surface area (Å²) in [6, 6.07) is 0.409. The molecule has 0 radical (unpaired) electrons. The van der Waals surface area contributed by atoms with Gasteiger partial charge in [0.2, 0.25) is 0 Å². The van der Waals surface area contributed by atoms with Gasteiger partial charge in [-0.2, -0.15) is 0 Å². The summed E-state index contributed by atoms with van der Waals surface area (Å²) >= 11 is 0. The smallest absolute Gasteiger partial charge is 0.131 e. The van der Waals surface area contributed by atoms with Crippen LogP contribution in [-0.2, 0) is 4.74 Å².